The van der Waals surface area contributed by atoms with Crippen molar-refractivity contribution in [1.29, 1.82) is 5.26 Å². The molecule has 1 aliphatic heterocycles. The fraction of sp³-hybridized carbons (Fsp3) is 0.118. The van der Waals surface area contributed by atoms with E-state index in [1.165, 1.54) is 11.8 Å². The number of nitriles is 1. The predicted octanol–water partition coefficient (Wildman–Crippen LogP) is 3.00. The Morgan fingerprint density at radius 1 is 1.22 bits per heavy atom. The Labute approximate surface area is 137 Å². The van der Waals surface area contributed by atoms with Crippen molar-refractivity contribution in [2.75, 3.05) is 10.6 Å². The summed E-state index contributed by atoms with van der Waals surface area (Å²) in [4.78, 5) is 25.2. The number of para-hydroxylation sites is 2. The zero-order valence-electron chi connectivity index (χ0n) is 12.1. The molecule has 1 unspecified atom stereocenters. The summed E-state index contributed by atoms with van der Waals surface area (Å²) < 4.78 is 0. The minimum Gasteiger partial charge on any atom is -0.325 e. The number of rotatable bonds is 3. The molecule has 0 saturated heterocycles. The summed E-state index contributed by atoms with van der Waals surface area (Å²) in [7, 11) is 0. The van der Waals surface area contributed by atoms with Gasteiger partial charge in [0.05, 0.1) is 22.2 Å². The Morgan fingerprint density at radius 2 is 1.96 bits per heavy atom. The monoisotopic (exact) mass is 323 g/mol. The number of anilines is 2. The Hall–Kier alpha value is -2.78. The van der Waals surface area contributed by atoms with Gasteiger partial charge in [0.1, 0.15) is 6.07 Å². The van der Waals surface area contributed by atoms with Crippen LogP contribution in [-0.2, 0) is 9.59 Å². The zero-order chi connectivity index (χ0) is 16.2. The fourth-order valence-corrected chi connectivity index (χ4v) is 3.40. The van der Waals surface area contributed by atoms with E-state index in [0.717, 1.165) is 10.6 Å². The first-order valence-corrected chi connectivity index (χ1v) is 7.91. The van der Waals surface area contributed by atoms with Crippen LogP contribution in [0.2, 0.25) is 0 Å². The van der Waals surface area contributed by atoms with Crippen LogP contribution in [0.15, 0.2) is 53.4 Å². The Balaban J connectivity index is 1.69. The number of carbonyl (C=O) groups excluding carboxylic acids is 2. The number of amides is 2. The molecule has 1 aliphatic rings. The fourth-order valence-electron chi connectivity index (χ4n) is 2.29. The highest BCUT2D eigenvalue weighted by atomic mass is 32.2. The van der Waals surface area contributed by atoms with E-state index in [0.29, 0.717) is 11.3 Å². The number of hydrogen-bond acceptors (Lipinski definition) is 4. The molecule has 0 spiro atoms. The summed E-state index contributed by atoms with van der Waals surface area (Å²) in [5.74, 6) is -0.475. The van der Waals surface area contributed by atoms with Crippen LogP contribution >= 0.6 is 11.8 Å². The highest BCUT2D eigenvalue weighted by Gasteiger charge is 2.28. The molecule has 2 aromatic rings. The molecule has 0 fully saturated rings. The van der Waals surface area contributed by atoms with Gasteiger partial charge in [-0.2, -0.15) is 5.26 Å². The largest absolute Gasteiger partial charge is 0.325 e. The Kier molecular flexibility index (Phi) is 4.31. The Morgan fingerprint density at radius 3 is 2.78 bits per heavy atom. The second-order valence-electron chi connectivity index (χ2n) is 5.00. The average molecular weight is 323 g/mol. The van der Waals surface area contributed by atoms with Gasteiger partial charge < -0.3 is 10.6 Å². The van der Waals surface area contributed by atoms with E-state index in [2.05, 4.69) is 10.6 Å². The van der Waals surface area contributed by atoms with Gasteiger partial charge in [-0.15, -0.1) is 11.8 Å². The highest BCUT2D eigenvalue weighted by Crippen LogP contribution is 2.36. The number of thioether (sulfide) groups is 1. The van der Waals surface area contributed by atoms with Gasteiger partial charge in [-0.3, -0.25) is 9.59 Å². The molecule has 1 heterocycles. The molecule has 23 heavy (non-hydrogen) atoms. The van der Waals surface area contributed by atoms with E-state index in [1.807, 2.05) is 30.3 Å². The topological polar surface area (TPSA) is 82.0 Å². The number of carbonyl (C=O) groups is 2. The van der Waals surface area contributed by atoms with Crippen LogP contribution in [0, 0.1) is 11.3 Å². The third-order valence-corrected chi connectivity index (χ3v) is 4.67. The predicted molar refractivity (Wildman–Crippen MR) is 89.1 cm³/mol. The third-order valence-electron chi connectivity index (χ3n) is 3.40. The van der Waals surface area contributed by atoms with Crippen molar-refractivity contribution < 1.29 is 9.59 Å². The smallest absolute Gasteiger partial charge is 0.238 e. The summed E-state index contributed by atoms with van der Waals surface area (Å²) in [6.45, 7) is 0. The first-order valence-electron chi connectivity index (χ1n) is 7.03. The average Bonchev–Trinajstić information content (AvgIpc) is 2.56. The molecule has 1 atom stereocenters. The number of fused-ring (bicyclic) bond motifs is 1. The maximum absolute atomic E-state index is 12.2. The molecule has 0 aliphatic carbocycles. The minimum absolute atomic E-state index is 0.0462. The van der Waals surface area contributed by atoms with Crippen LogP contribution in [0.5, 0.6) is 0 Å². The lowest BCUT2D eigenvalue weighted by Crippen LogP contribution is -2.32. The van der Waals surface area contributed by atoms with Gasteiger partial charge >= 0.3 is 0 Å². The Bertz CT molecular complexity index is 813. The van der Waals surface area contributed by atoms with Gasteiger partial charge in [-0.05, 0) is 24.3 Å². The molecule has 5 nitrogen and oxygen atoms in total. The second kappa shape index (κ2) is 6.55. The molecular formula is C17H13N3O2S. The van der Waals surface area contributed by atoms with Crippen molar-refractivity contribution in [1.82, 2.24) is 0 Å². The molecule has 2 amide bonds. The maximum Gasteiger partial charge on any atom is 0.238 e. The second-order valence-corrected chi connectivity index (χ2v) is 6.25. The molecule has 114 valence electrons. The summed E-state index contributed by atoms with van der Waals surface area (Å²) in [5, 5.41) is 14.1. The molecular weight excluding hydrogens is 310 g/mol. The van der Waals surface area contributed by atoms with Crippen LogP contribution in [0.1, 0.15) is 12.0 Å². The molecule has 0 saturated carbocycles. The van der Waals surface area contributed by atoms with Gasteiger partial charge in [0.2, 0.25) is 11.8 Å². The normalized spacial score (nSPS) is 16.0. The lowest BCUT2D eigenvalue weighted by atomic mass is 10.2. The highest BCUT2D eigenvalue weighted by molar-refractivity contribution is 8.01. The van der Waals surface area contributed by atoms with Crippen molar-refractivity contribution in [3.63, 3.8) is 0 Å². The van der Waals surface area contributed by atoms with Crippen LogP contribution in [-0.4, -0.2) is 17.1 Å². The first kappa shape index (κ1) is 15.1. The number of nitrogens with zero attached hydrogens (tertiary/aromatic N) is 1. The van der Waals surface area contributed by atoms with Gasteiger partial charge in [-0.1, -0.05) is 24.3 Å². The maximum atomic E-state index is 12.2. The van der Waals surface area contributed by atoms with E-state index >= 15 is 0 Å². The lowest BCUT2D eigenvalue weighted by Gasteiger charge is -2.23. The molecule has 6 heteroatoms. The molecule has 3 rings (SSSR count). The molecule has 0 radical (unpaired) electrons. The minimum atomic E-state index is -0.487. The third kappa shape index (κ3) is 3.35. The molecule has 0 bridgehead atoms. The summed E-state index contributed by atoms with van der Waals surface area (Å²) in [5.41, 5.74) is 1.63. The van der Waals surface area contributed by atoms with Crippen molar-refractivity contribution >= 4 is 35.0 Å². The van der Waals surface area contributed by atoms with Crippen molar-refractivity contribution in [2.24, 2.45) is 0 Å². The quantitative estimate of drug-likeness (QED) is 0.909. The van der Waals surface area contributed by atoms with Crippen LogP contribution in [0.3, 0.4) is 0 Å². The van der Waals surface area contributed by atoms with Gasteiger partial charge in [0, 0.05) is 11.3 Å². The van der Waals surface area contributed by atoms with Gasteiger partial charge in [-0.25, -0.2) is 0 Å². The van der Waals surface area contributed by atoms with E-state index in [4.69, 9.17) is 5.26 Å². The van der Waals surface area contributed by atoms with Crippen molar-refractivity contribution in [2.45, 2.75) is 16.6 Å². The summed E-state index contributed by atoms with van der Waals surface area (Å²) in [6.07, 6.45) is 0.0462. The van der Waals surface area contributed by atoms with E-state index in [1.54, 1.807) is 24.3 Å². The van der Waals surface area contributed by atoms with E-state index in [9.17, 15) is 9.59 Å². The van der Waals surface area contributed by atoms with Crippen LogP contribution in [0.25, 0.3) is 0 Å². The number of hydrogen-bond donors (Lipinski definition) is 2. The van der Waals surface area contributed by atoms with Crippen LogP contribution in [0.4, 0.5) is 11.4 Å². The standard InChI is InChI=1S/C17H13N3O2S/c18-10-11-5-1-2-6-12(11)19-16(21)9-15-17(22)20-13-7-3-4-8-14(13)23-15/h1-8,15H,9H2,(H,19,21)(H,20,22). The summed E-state index contributed by atoms with van der Waals surface area (Å²) in [6, 6.07) is 16.3. The van der Waals surface area contributed by atoms with Crippen molar-refractivity contribution in [3.05, 3.63) is 54.1 Å². The number of nitrogens with one attached hydrogen (secondary N) is 2. The summed E-state index contributed by atoms with van der Waals surface area (Å²) >= 11 is 1.38. The van der Waals surface area contributed by atoms with E-state index in [-0.39, 0.29) is 18.2 Å². The van der Waals surface area contributed by atoms with E-state index < -0.39 is 5.25 Å². The first-order chi connectivity index (χ1) is 11.2. The molecule has 0 aromatic heterocycles. The SMILES string of the molecule is N#Cc1ccccc1NC(=O)CC1Sc2ccccc2NC1=O. The lowest BCUT2D eigenvalue weighted by molar-refractivity contribution is -0.120. The van der Waals surface area contributed by atoms with Crippen molar-refractivity contribution in [3.8, 4) is 6.07 Å². The zero-order valence-corrected chi connectivity index (χ0v) is 12.9. The molecule has 2 aromatic carbocycles. The van der Waals surface area contributed by atoms with Gasteiger partial charge in [0.25, 0.3) is 0 Å². The number of benzene rings is 2. The van der Waals surface area contributed by atoms with Crippen LogP contribution < -0.4 is 10.6 Å². The van der Waals surface area contributed by atoms with Gasteiger partial charge in [0.15, 0.2) is 0 Å². The molecule has 2 N–H and O–H groups in total.